The number of halogens is 1. The van der Waals surface area contributed by atoms with Gasteiger partial charge in [-0.25, -0.2) is 8.42 Å². The topological polar surface area (TPSA) is 75.2 Å². The molecule has 0 aliphatic carbocycles. The molecule has 3 heterocycles. The Morgan fingerprint density at radius 3 is 2.50 bits per heavy atom. The van der Waals surface area contributed by atoms with Crippen LogP contribution in [0.25, 0.3) is 22.2 Å². The fourth-order valence-electron chi connectivity index (χ4n) is 5.12. The number of fused-ring (bicyclic) bond motifs is 1. The van der Waals surface area contributed by atoms with Crippen LogP contribution in [0.3, 0.4) is 0 Å². The first kappa shape index (κ1) is 25.0. The summed E-state index contributed by atoms with van der Waals surface area (Å²) >= 11 is 6.37. The molecule has 6 nitrogen and oxygen atoms in total. The molecule has 0 unspecified atom stereocenters. The van der Waals surface area contributed by atoms with Crippen LogP contribution in [0.2, 0.25) is 5.02 Å². The third-order valence-corrected chi connectivity index (χ3v) is 8.48. The van der Waals surface area contributed by atoms with E-state index in [2.05, 4.69) is 41.9 Å². The molecule has 1 fully saturated rings. The molecule has 0 amide bonds. The molecule has 0 saturated carbocycles. The summed E-state index contributed by atoms with van der Waals surface area (Å²) in [4.78, 5) is 18.1. The second-order valence-electron chi connectivity index (χ2n) is 10.0. The van der Waals surface area contributed by atoms with E-state index >= 15 is 0 Å². The maximum Gasteiger partial charge on any atom is 0.269 e. The molecular weight excluding hydrogens is 470 g/mol. The van der Waals surface area contributed by atoms with Crippen LogP contribution in [-0.4, -0.2) is 54.5 Å². The zero-order valence-electron chi connectivity index (χ0n) is 20.6. The number of sulfone groups is 1. The maximum absolute atomic E-state index is 12.3. The van der Waals surface area contributed by atoms with Crippen molar-refractivity contribution in [3.8, 4) is 11.3 Å². The standard InChI is InChI=1S/C26H34ClN3O3S/c1-16(2)23-20-14-19(18-8-10-30(11-9-18)12-13-34(5,32)33)6-7-22(20)28-25(23)21-15-29(4)26(31)24(27)17(21)3/h6-7,14-16,18,28H,8-13H2,1-5H3. The van der Waals surface area contributed by atoms with Crippen molar-refractivity contribution in [3.05, 3.63) is 56.5 Å². The Bertz CT molecular complexity index is 1380. The van der Waals surface area contributed by atoms with Gasteiger partial charge in [0.1, 0.15) is 14.9 Å². The van der Waals surface area contributed by atoms with E-state index < -0.39 is 9.84 Å². The number of benzene rings is 1. The monoisotopic (exact) mass is 503 g/mol. The number of aromatic nitrogens is 2. The van der Waals surface area contributed by atoms with E-state index in [-0.39, 0.29) is 22.3 Å². The van der Waals surface area contributed by atoms with Gasteiger partial charge in [-0.1, -0.05) is 31.5 Å². The van der Waals surface area contributed by atoms with E-state index in [9.17, 15) is 13.2 Å². The van der Waals surface area contributed by atoms with Crippen molar-refractivity contribution < 1.29 is 8.42 Å². The normalized spacial score (nSPS) is 16.1. The zero-order chi connectivity index (χ0) is 24.8. The van der Waals surface area contributed by atoms with Gasteiger partial charge in [0.05, 0.1) is 11.4 Å². The molecule has 184 valence electrons. The van der Waals surface area contributed by atoms with Crippen molar-refractivity contribution in [1.29, 1.82) is 0 Å². The fraction of sp³-hybridized carbons (Fsp3) is 0.500. The van der Waals surface area contributed by atoms with Crippen LogP contribution in [0, 0.1) is 6.92 Å². The van der Waals surface area contributed by atoms with Gasteiger partial charge in [-0.05, 0) is 73.5 Å². The van der Waals surface area contributed by atoms with Crippen LogP contribution >= 0.6 is 11.6 Å². The second kappa shape index (κ2) is 9.51. The van der Waals surface area contributed by atoms with Crippen molar-refractivity contribution in [2.24, 2.45) is 7.05 Å². The molecule has 34 heavy (non-hydrogen) atoms. The van der Waals surface area contributed by atoms with Gasteiger partial charge in [0.2, 0.25) is 0 Å². The second-order valence-corrected chi connectivity index (χ2v) is 12.7. The third kappa shape index (κ3) is 4.97. The Morgan fingerprint density at radius 2 is 1.88 bits per heavy atom. The quantitative estimate of drug-likeness (QED) is 0.522. The van der Waals surface area contributed by atoms with E-state index in [1.807, 2.05) is 13.1 Å². The van der Waals surface area contributed by atoms with Crippen LogP contribution < -0.4 is 5.56 Å². The van der Waals surface area contributed by atoms with Crippen molar-refractivity contribution in [2.45, 2.75) is 45.4 Å². The Hall–Kier alpha value is -2.09. The number of aromatic amines is 1. The van der Waals surface area contributed by atoms with Gasteiger partial charge in [-0.15, -0.1) is 0 Å². The van der Waals surface area contributed by atoms with Gasteiger partial charge in [0.25, 0.3) is 5.56 Å². The van der Waals surface area contributed by atoms with E-state index in [0.717, 1.165) is 48.3 Å². The number of nitrogens with zero attached hydrogens (tertiary/aromatic N) is 2. The molecule has 0 bridgehead atoms. The minimum absolute atomic E-state index is 0.185. The molecule has 0 atom stereocenters. The summed E-state index contributed by atoms with van der Waals surface area (Å²) < 4.78 is 24.5. The summed E-state index contributed by atoms with van der Waals surface area (Å²) in [6, 6.07) is 6.69. The zero-order valence-corrected chi connectivity index (χ0v) is 22.2. The van der Waals surface area contributed by atoms with Crippen LogP contribution in [0.5, 0.6) is 0 Å². The molecule has 1 aliphatic rings. The number of hydrogen-bond acceptors (Lipinski definition) is 4. The summed E-state index contributed by atoms with van der Waals surface area (Å²) in [6.07, 6.45) is 5.22. The lowest BCUT2D eigenvalue weighted by Gasteiger charge is -2.32. The average molecular weight is 504 g/mol. The fourth-order valence-corrected chi connectivity index (χ4v) is 5.94. The number of rotatable bonds is 6. The van der Waals surface area contributed by atoms with Gasteiger partial charge in [-0.2, -0.15) is 0 Å². The van der Waals surface area contributed by atoms with E-state index in [1.165, 1.54) is 22.8 Å². The number of nitrogens with one attached hydrogen (secondary N) is 1. The van der Waals surface area contributed by atoms with E-state index in [1.54, 1.807) is 11.6 Å². The largest absolute Gasteiger partial charge is 0.354 e. The highest BCUT2D eigenvalue weighted by atomic mass is 35.5. The van der Waals surface area contributed by atoms with Crippen LogP contribution in [0.4, 0.5) is 0 Å². The molecule has 4 rings (SSSR count). The summed E-state index contributed by atoms with van der Waals surface area (Å²) in [5.74, 6) is 0.973. The molecule has 0 radical (unpaired) electrons. The lowest BCUT2D eigenvalue weighted by molar-refractivity contribution is 0.223. The van der Waals surface area contributed by atoms with Crippen molar-refractivity contribution in [3.63, 3.8) is 0 Å². The maximum atomic E-state index is 12.3. The Balaban J connectivity index is 1.67. The Labute approximate surface area is 206 Å². The van der Waals surface area contributed by atoms with Crippen molar-refractivity contribution in [1.82, 2.24) is 14.5 Å². The summed E-state index contributed by atoms with van der Waals surface area (Å²) in [6.45, 7) is 8.74. The molecular formula is C26H34ClN3O3S. The molecule has 1 aromatic carbocycles. The van der Waals surface area contributed by atoms with Gasteiger partial charge >= 0.3 is 0 Å². The smallest absolute Gasteiger partial charge is 0.269 e. The summed E-state index contributed by atoms with van der Waals surface area (Å²) in [7, 11) is -1.20. The van der Waals surface area contributed by atoms with Gasteiger partial charge in [-0.3, -0.25) is 4.79 Å². The molecule has 1 aliphatic heterocycles. The summed E-state index contributed by atoms with van der Waals surface area (Å²) in [5, 5.41) is 1.48. The number of likely N-dealkylation sites (tertiary alicyclic amines) is 1. The predicted molar refractivity (Wildman–Crippen MR) is 141 cm³/mol. The van der Waals surface area contributed by atoms with E-state index in [4.69, 9.17) is 11.6 Å². The van der Waals surface area contributed by atoms with Crippen LogP contribution in [0.1, 0.15) is 55.2 Å². The Morgan fingerprint density at radius 1 is 1.21 bits per heavy atom. The highest BCUT2D eigenvalue weighted by Crippen LogP contribution is 2.39. The van der Waals surface area contributed by atoms with Gasteiger partial charge in [0, 0.05) is 42.5 Å². The van der Waals surface area contributed by atoms with Crippen LogP contribution in [0.15, 0.2) is 29.2 Å². The van der Waals surface area contributed by atoms with Gasteiger partial charge < -0.3 is 14.5 Å². The average Bonchev–Trinajstić information content (AvgIpc) is 3.17. The first-order chi connectivity index (χ1) is 16.0. The summed E-state index contributed by atoms with van der Waals surface area (Å²) in [5.41, 5.74) is 6.23. The lowest BCUT2D eigenvalue weighted by atomic mass is 9.87. The minimum atomic E-state index is -2.93. The minimum Gasteiger partial charge on any atom is -0.354 e. The highest BCUT2D eigenvalue weighted by Gasteiger charge is 2.24. The number of piperidine rings is 1. The van der Waals surface area contributed by atoms with E-state index in [0.29, 0.717) is 12.5 Å². The molecule has 0 spiro atoms. The SMILES string of the molecule is Cc1c(-c2[nH]c3ccc(C4CCN(CCS(C)(=O)=O)CC4)cc3c2C(C)C)cn(C)c(=O)c1Cl. The molecule has 8 heteroatoms. The van der Waals surface area contributed by atoms with Crippen molar-refractivity contribution in [2.75, 3.05) is 31.6 Å². The van der Waals surface area contributed by atoms with Crippen molar-refractivity contribution >= 4 is 32.3 Å². The number of pyridine rings is 1. The molecule has 3 aromatic rings. The van der Waals surface area contributed by atoms with Gasteiger partial charge in [0.15, 0.2) is 0 Å². The molecule has 1 saturated heterocycles. The Kier molecular flexibility index (Phi) is 7.00. The first-order valence-corrected chi connectivity index (χ1v) is 14.3. The molecule has 1 N–H and O–H groups in total. The highest BCUT2D eigenvalue weighted by molar-refractivity contribution is 7.90. The first-order valence-electron chi connectivity index (χ1n) is 11.9. The predicted octanol–water partition coefficient (Wildman–Crippen LogP) is 4.84. The number of hydrogen-bond donors (Lipinski definition) is 1. The third-order valence-electron chi connectivity index (χ3n) is 7.11. The number of H-pyrrole nitrogens is 1. The lowest BCUT2D eigenvalue weighted by Crippen LogP contribution is -2.36. The molecule has 2 aromatic heterocycles. The number of aryl methyl sites for hydroxylation is 1. The van der Waals surface area contributed by atoms with Crippen LogP contribution in [-0.2, 0) is 16.9 Å².